The molecule has 11 heavy (non-hydrogen) atoms. The van der Waals surface area contributed by atoms with Crippen molar-refractivity contribution in [3.8, 4) is 0 Å². The molecule has 0 aromatic rings. The zero-order valence-corrected chi connectivity index (χ0v) is 5.93. The summed E-state index contributed by atoms with van der Waals surface area (Å²) in [5, 5.41) is 35.2. The Labute approximate surface area is 63.0 Å². The number of nitro groups is 1. The van der Waals surface area contributed by atoms with Crippen LogP contribution in [0.25, 0.3) is 0 Å². The third-order valence-corrected chi connectivity index (χ3v) is 1.27. The quantitative estimate of drug-likeness (QED) is 0.287. The summed E-state index contributed by atoms with van der Waals surface area (Å²) in [4.78, 5) is 9.14. The number of aliphatic hydroxyl groups excluding tert-OH is 3. The summed E-state index contributed by atoms with van der Waals surface area (Å²) >= 11 is 0. The van der Waals surface area contributed by atoms with Crippen LogP contribution in [0.5, 0.6) is 0 Å². The third kappa shape index (κ3) is 2.39. The molecular formula is C4H12N2O5. The summed E-state index contributed by atoms with van der Waals surface area (Å²) in [6.45, 7) is -2.60. The van der Waals surface area contributed by atoms with Crippen LogP contribution in [0.4, 0.5) is 0 Å². The van der Waals surface area contributed by atoms with E-state index in [1.165, 1.54) is 0 Å². The van der Waals surface area contributed by atoms with E-state index in [9.17, 15) is 10.1 Å². The van der Waals surface area contributed by atoms with E-state index in [2.05, 4.69) is 0 Å². The van der Waals surface area contributed by atoms with Crippen molar-refractivity contribution >= 4 is 0 Å². The normalized spacial score (nSPS) is 10.5. The average molecular weight is 168 g/mol. The lowest BCUT2D eigenvalue weighted by molar-refractivity contribution is -0.580. The fraction of sp³-hybridized carbons (Fsp3) is 1.00. The average Bonchev–Trinajstić information content (AvgIpc) is 1.92. The van der Waals surface area contributed by atoms with Gasteiger partial charge in [-0.2, -0.15) is 0 Å². The third-order valence-electron chi connectivity index (χ3n) is 1.27. The van der Waals surface area contributed by atoms with Crippen molar-refractivity contribution < 1.29 is 20.2 Å². The molecule has 0 amide bonds. The summed E-state index contributed by atoms with van der Waals surface area (Å²) in [6, 6.07) is 0. The minimum Gasteiger partial charge on any atom is -0.389 e. The van der Waals surface area contributed by atoms with E-state index < -0.39 is 30.3 Å². The highest BCUT2D eigenvalue weighted by molar-refractivity contribution is 4.75. The molecule has 7 heteroatoms. The van der Waals surface area contributed by atoms with Gasteiger partial charge in [-0.05, 0) is 0 Å². The van der Waals surface area contributed by atoms with Crippen molar-refractivity contribution in [3.63, 3.8) is 0 Å². The number of nitrogens with zero attached hydrogens (tertiary/aromatic N) is 1. The van der Waals surface area contributed by atoms with Crippen LogP contribution < -0.4 is 6.15 Å². The molecule has 0 saturated heterocycles. The smallest absolute Gasteiger partial charge is 0.289 e. The topological polar surface area (TPSA) is 139 Å². The Morgan fingerprint density at radius 2 is 1.45 bits per heavy atom. The lowest BCUT2D eigenvalue weighted by Crippen LogP contribution is -2.49. The Balaban J connectivity index is 0. The molecule has 0 aliphatic heterocycles. The molecule has 6 N–H and O–H groups in total. The van der Waals surface area contributed by atoms with Gasteiger partial charge in [0.15, 0.2) is 0 Å². The molecule has 0 aliphatic rings. The van der Waals surface area contributed by atoms with Crippen molar-refractivity contribution in [2.75, 3.05) is 19.8 Å². The van der Waals surface area contributed by atoms with Gasteiger partial charge in [0.1, 0.15) is 19.8 Å². The van der Waals surface area contributed by atoms with E-state index in [-0.39, 0.29) is 6.15 Å². The first-order valence-corrected chi connectivity index (χ1v) is 2.60. The molecule has 0 spiro atoms. The monoisotopic (exact) mass is 168 g/mol. The molecule has 0 aromatic carbocycles. The van der Waals surface area contributed by atoms with Gasteiger partial charge in [-0.25, -0.2) is 0 Å². The maximum absolute atomic E-state index is 10.0. The molecule has 0 bridgehead atoms. The van der Waals surface area contributed by atoms with Gasteiger partial charge in [0.05, 0.1) is 0 Å². The molecule has 0 aliphatic carbocycles. The van der Waals surface area contributed by atoms with Crippen molar-refractivity contribution in [3.05, 3.63) is 10.1 Å². The van der Waals surface area contributed by atoms with Crippen LogP contribution in [-0.2, 0) is 0 Å². The van der Waals surface area contributed by atoms with Gasteiger partial charge in [0.25, 0.3) is 5.54 Å². The van der Waals surface area contributed by atoms with Gasteiger partial charge in [-0.15, -0.1) is 0 Å². The highest BCUT2D eigenvalue weighted by Gasteiger charge is 2.41. The zero-order chi connectivity index (χ0) is 8.20. The largest absolute Gasteiger partial charge is 0.389 e. The summed E-state index contributed by atoms with van der Waals surface area (Å²) in [7, 11) is 0. The van der Waals surface area contributed by atoms with Gasteiger partial charge in [-0.1, -0.05) is 0 Å². The highest BCUT2D eigenvalue weighted by atomic mass is 16.6. The standard InChI is InChI=1S/C4H9NO5.H3N/c6-1-4(2-7,3-8)5(9)10;/h6-8H,1-3H2;1H3. The lowest BCUT2D eigenvalue weighted by Gasteiger charge is -2.16. The molecule has 68 valence electrons. The van der Waals surface area contributed by atoms with E-state index in [0.717, 1.165) is 0 Å². The molecule has 0 rings (SSSR count). The second-order valence-corrected chi connectivity index (χ2v) is 1.96. The maximum atomic E-state index is 10.0. The van der Waals surface area contributed by atoms with Gasteiger partial charge in [-0.3, -0.25) is 10.1 Å². The number of rotatable bonds is 4. The van der Waals surface area contributed by atoms with Crippen LogP contribution in [0.1, 0.15) is 0 Å². The Hall–Kier alpha value is -0.760. The highest BCUT2D eigenvalue weighted by Crippen LogP contribution is 2.05. The van der Waals surface area contributed by atoms with Crippen LogP contribution >= 0.6 is 0 Å². The molecule has 0 fully saturated rings. The Morgan fingerprint density at radius 1 is 1.18 bits per heavy atom. The van der Waals surface area contributed by atoms with E-state index >= 15 is 0 Å². The SMILES string of the molecule is N.O=[N+]([O-])C(CO)(CO)CO. The first kappa shape index (κ1) is 12.9. The second kappa shape index (κ2) is 4.97. The minimum absolute atomic E-state index is 0. The van der Waals surface area contributed by atoms with Crippen molar-refractivity contribution in [1.82, 2.24) is 6.15 Å². The fourth-order valence-corrected chi connectivity index (χ4v) is 0.323. The van der Waals surface area contributed by atoms with Crippen molar-refractivity contribution in [1.29, 1.82) is 0 Å². The first-order chi connectivity index (χ1) is 4.63. The van der Waals surface area contributed by atoms with Gasteiger partial charge in [0.2, 0.25) is 0 Å². The molecule has 0 unspecified atom stereocenters. The van der Waals surface area contributed by atoms with Crippen LogP contribution in [0.15, 0.2) is 0 Å². The summed E-state index contributed by atoms with van der Waals surface area (Å²) in [5.41, 5.74) is -1.99. The molecule has 0 aromatic heterocycles. The number of hydrogen-bond acceptors (Lipinski definition) is 6. The maximum Gasteiger partial charge on any atom is 0.289 e. The zero-order valence-electron chi connectivity index (χ0n) is 5.93. The van der Waals surface area contributed by atoms with Crippen LogP contribution in [-0.4, -0.2) is 45.6 Å². The molecule has 0 atom stereocenters. The predicted octanol–water partition coefficient (Wildman–Crippen LogP) is -1.86. The van der Waals surface area contributed by atoms with E-state index in [1.807, 2.05) is 0 Å². The summed E-state index contributed by atoms with van der Waals surface area (Å²) in [6.07, 6.45) is 0. The molecule has 0 heterocycles. The van der Waals surface area contributed by atoms with Crippen LogP contribution in [0, 0.1) is 10.1 Å². The van der Waals surface area contributed by atoms with Crippen LogP contribution in [0.3, 0.4) is 0 Å². The number of aliphatic hydroxyl groups is 3. The van der Waals surface area contributed by atoms with Gasteiger partial charge < -0.3 is 21.5 Å². The molecule has 0 saturated carbocycles. The molecule has 7 nitrogen and oxygen atoms in total. The van der Waals surface area contributed by atoms with E-state index in [0.29, 0.717) is 0 Å². The van der Waals surface area contributed by atoms with Crippen molar-refractivity contribution in [2.24, 2.45) is 0 Å². The lowest BCUT2D eigenvalue weighted by atomic mass is 10.1. The fourth-order valence-electron chi connectivity index (χ4n) is 0.323. The Kier molecular flexibility index (Phi) is 5.81. The van der Waals surface area contributed by atoms with E-state index in [4.69, 9.17) is 15.3 Å². The van der Waals surface area contributed by atoms with Crippen LogP contribution in [0.2, 0.25) is 0 Å². The second-order valence-electron chi connectivity index (χ2n) is 1.96. The summed E-state index contributed by atoms with van der Waals surface area (Å²) in [5.74, 6) is 0. The Morgan fingerprint density at radius 3 is 1.45 bits per heavy atom. The minimum atomic E-state index is -1.99. The summed E-state index contributed by atoms with van der Waals surface area (Å²) < 4.78 is 0. The molecule has 0 radical (unpaired) electrons. The first-order valence-electron chi connectivity index (χ1n) is 2.60. The molecular weight excluding hydrogens is 156 g/mol. The van der Waals surface area contributed by atoms with Gasteiger partial charge in [0, 0.05) is 4.92 Å². The Bertz CT molecular complexity index is 115. The van der Waals surface area contributed by atoms with E-state index in [1.54, 1.807) is 0 Å². The van der Waals surface area contributed by atoms with Crippen molar-refractivity contribution in [2.45, 2.75) is 5.54 Å². The number of hydrogen-bond donors (Lipinski definition) is 4. The predicted molar refractivity (Wildman–Crippen MR) is 36.0 cm³/mol. The van der Waals surface area contributed by atoms with Gasteiger partial charge >= 0.3 is 0 Å².